The number of amides is 2. The van der Waals surface area contributed by atoms with Gasteiger partial charge < -0.3 is 15.2 Å². The summed E-state index contributed by atoms with van der Waals surface area (Å²) in [6.07, 6.45) is 5.28. The number of fused-ring (bicyclic) bond motifs is 3. The first-order valence-corrected chi connectivity index (χ1v) is 11.7. The fourth-order valence-electron chi connectivity index (χ4n) is 4.74. The van der Waals surface area contributed by atoms with Crippen molar-refractivity contribution in [2.24, 2.45) is 9.50 Å². The van der Waals surface area contributed by atoms with Gasteiger partial charge in [-0.15, -0.1) is 4.36 Å². The number of aliphatic hydroxyl groups excluding tert-OH is 1. The molecule has 1 aliphatic heterocycles. The lowest BCUT2D eigenvalue weighted by Gasteiger charge is -2.31. The summed E-state index contributed by atoms with van der Waals surface area (Å²) >= 11 is 0. The van der Waals surface area contributed by atoms with Gasteiger partial charge in [0, 0.05) is 5.69 Å². The second-order valence-electron chi connectivity index (χ2n) is 8.69. The molecule has 30 heavy (non-hydrogen) atoms. The highest BCUT2D eigenvalue weighted by molar-refractivity contribution is 7.91. The van der Waals surface area contributed by atoms with Gasteiger partial charge in [-0.25, -0.2) is 18.8 Å². The van der Waals surface area contributed by atoms with Crippen molar-refractivity contribution in [3.8, 4) is 5.88 Å². The van der Waals surface area contributed by atoms with Crippen LogP contribution < -0.4 is 15.2 Å². The van der Waals surface area contributed by atoms with Crippen LogP contribution in [0.2, 0.25) is 0 Å². The summed E-state index contributed by atoms with van der Waals surface area (Å²) in [5.41, 5.74) is 4.77. The zero-order chi connectivity index (χ0) is 21.3. The van der Waals surface area contributed by atoms with Crippen molar-refractivity contribution in [2.45, 2.75) is 62.5 Å². The Bertz CT molecular complexity index is 1190. The number of ether oxygens (including phenoxy) is 1. The van der Waals surface area contributed by atoms with E-state index in [2.05, 4.69) is 27.8 Å². The van der Waals surface area contributed by atoms with Gasteiger partial charge in [-0.1, -0.05) is 13.0 Å². The van der Waals surface area contributed by atoms with E-state index in [0.717, 1.165) is 42.5 Å². The maximum Gasteiger partial charge on any atom is 0.354 e. The van der Waals surface area contributed by atoms with Gasteiger partial charge in [0.2, 0.25) is 5.88 Å². The lowest BCUT2D eigenvalue weighted by Crippen LogP contribution is -2.35. The van der Waals surface area contributed by atoms with Crippen molar-refractivity contribution in [1.29, 1.82) is 0 Å². The summed E-state index contributed by atoms with van der Waals surface area (Å²) in [7, 11) is -3.58. The minimum atomic E-state index is -3.58. The number of rotatable bonds is 3. The summed E-state index contributed by atoms with van der Waals surface area (Å²) in [6, 6.07) is 1.51. The average Bonchev–Trinajstić information content (AvgIpc) is 3.34. The summed E-state index contributed by atoms with van der Waals surface area (Å²) < 4.78 is 24.1. The van der Waals surface area contributed by atoms with Crippen LogP contribution >= 0.6 is 0 Å². The molecule has 160 valence electrons. The number of aromatic nitrogens is 2. The van der Waals surface area contributed by atoms with Gasteiger partial charge in [-0.3, -0.25) is 0 Å². The molecule has 4 N–H and O–H groups in total. The Morgan fingerprint density at radius 3 is 3.03 bits per heavy atom. The predicted octanol–water partition coefficient (Wildman–Crippen LogP) is 2.11. The molecule has 2 aliphatic carbocycles. The number of benzene rings is 1. The Labute approximate surface area is 174 Å². The van der Waals surface area contributed by atoms with Crippen LogP contribution in [-0.4, -0.2) is 37.3 Å². The first kappa shape index (κ1) is 19.5. The molecule has 1 unspecified atom stereocenters. The molecule has 0 radical (unpaired) electrons. The second kappa shape index (κ2) is 6.53. The van der Waals surface area contributed by atoms with E-state index >= 15 is 0 Å². The van der Waals surface area contributed by atoms with Crippen molar-refractivity contribution in [1.82, 2.24) is 9.78 Å². The summed E-state index contributed by atoms with van der Waals surface area (Å²) in [5.74, 6) is 0.542. The molecule has 0 saturated carbocycles. The number of hydrogen-bond donors (Lipinski definition) is 3. The minimum Gasteiger partial charge on any atom is -0.466 e. The number of aryl methyl sites for hydroxylation is 1. The highest BCUT2D eigenvalue weighted by atomic mass is 32.2. The molecule has 0 fully saturated rings. The average molecular weight is 432 g/mol. The molecule has 2 amide bonds. The monoisotopic (exact) mass is 431 g/mol. The molecule has 2 aromatic rings. The third-order valence-electron chi connectivity index (χ3n) is 6.23. The van der Waals surface area contributed by atoms with Crippen molar-refractivity contribution < 1.29 is 18.8 Å². The van der Waals surface area contributed by atoms with Crippen LogP contribution in [0.15, 0.2) is 21.5 Å². The van der Waals surface area contributed by atoms with E-state index in [1.165, 1.54) is 22.0 Å². The normalized spacial score (nSPS) is 25.4. The number of urea groups is 1. The number of hydrogen-bond acceptors (Lipinski definition) is 5. The molecule has 0 bridgehead atoms. The molecule has 9 nitrogen and oxygen atoms in total. The van der Waals surface area contributed by atoms with Crippen LogP contribution in [0.25, 0.3) is 0 Å². The SMILES string of the molecule is C[C@H]1Cc2cc3c(c(NC(=O)N=S(N)(=O)c4cnn5c4O[C@@](C)(CO)C5)c21)CCC3. The number of nitrogens with zero attached hydrogens (tertiary/aromatic N) is 3. The Balaban J connectivity index is 1.47. The van der Waals surface area contributed by atoms with Crippen LogP contribution in [0.4, 0.5) is 10.5 Å². The fraction of sp³-hybridized carbons (Fsp3) is 0.500. The molecule has 3 aliphatic rings. The standard InChI is InChI=1S/C20H25N5O4S/c1-11-6-13-7-12-4-3-5-14(12)17(16(11)13)23-19(27)24-30(21,28)15-8-22-25-9-20(2,10-26)29-18(15)25/h7-8,11,26H,3-6,9-10H2,1-2H3,(H3,21,23,24,27,28)/t11-,20+,30?/m0/s1. The maximum absolute atomic E-state index is 13.1. The van der Waals surface area contributed by atoms with Crippen LogP contribution in [0, 0.1) is 0 Å². The third kappa shape index (κ3) is 2.93. The first-order chi connectivity index (χ1) is 14.2. The van der Waals surface area contributed by atoms with Crippen LogP contribution in [-0.2, 0) is 35.7 Å². The van der Waals surface area contributed by atoms with Crippen molar-refractivity contribution in [3.05, 3.63) is 34.5 Å². The van der Waals surface area contributed by atoms with E-state index in [-0.39, 0.29) is 17.4 Å². The van der Waals surface area contributed by atoms with E-state index in [0.29, 0.717) is 12.5 Å². The minimum absolute atomic E-state index is 0.0505. The van der Waals surface area contributed by atoms with Gasteiger partial charge in [-0.2, -0.15) is 5.10 Å². The second-order valence-corrected chi connectivity index (χ2v) is 10.5. The van der Waals surface area contributed by atoms with Crippen LogP contribution in [0.3, 0.4) is 0 Å². The molecule has 5 rings (SSSR count). The number of nitrogens with two attached hydrogens (primary N) is 1. The smallest absolute Gasteiger partial charge is 0.354 e. The van der Waals surface area contributed by atoms with E-state index in [4.69, 9.17) is 9.88 Å². The fourth-order valence-corrected chi connectivity index (χ4v) is 5.72. The molecular formula is C20H25N5O4S. The number of carbonyl (C=O) groups excluding carboxylic acids is 1. The number of carbonyl (C=O) groups is 1. The van der Waals surface area contributed by atoms with Gasteiger partial charge in [0.15, 0.2) is 15.5 Å². The predicted molar refractivity (Wildman–Crippen MR) is 111 cm³/mol. The quantitative estimate of drug-likeness (QED) is 0.685. The van der Waals surface area contributed by atoms with Gasteiger partial charge in [0.25, 0.3) is 0 Å². The van der Waals surface area contributed by atoms with Crippen LogP contribution in [0.5, 0.6) is 5.88 Å². The maximum atomic E-state index is 13.1. The highest BCUT2D eigenvalue weighted by Gasteiger charge is 2.39. The molecule has 10 heteroatoms. The lowest BCUT2D eigenvalue weighted by atomic mass is 9.75. The number of aliphatic hydroxyl groups is 1. The van der Waals surface area contributed by atoms with E-state index in [1.54, 1.807) is 6.92 Å². The number of anilines is 1. The lowest BCUT2D eigenvalue weighted by molar-refractivity contribution is 0.0399. The van der Waals surface area contributed by atoms with Crippen molar-refractivity contribution in [2.75, 3.05) is 11.9 Å². The highest BCUT2D eigenvalue weighted by Crippen LogP contribution is 2.45. The van der Waals surface area contributed by atoms with E-state index < -0.39 is 21.5 Å². The Hall–Kier alpha value is -2.43. The molecule has 1 aromatic heterocycles. The van der Waals surface area contributed by atoms with Crippen LogP contribution in [0.1, 0.15) is 48.4 Å². The van der Waals surface area contributed by atoms with E-state index in [1.807, 2.05) is 0 Å². The molecule has 0 spiro atoms. The van der Waals surface area contributed by atoms with Crippen molar-refractivity contribution in [3.63, 3.8) is 0 Å². The van der Waals surface area contributed by atoms with Gasteiger partial charge in [0.1, 0.15) is 4.90 Å². The Kier molecular flexibility index (Phi) is 4.25. The molecular weight excluding hydrogens is 406 g/mol. The zero-order valence-corrected chi connectivity index (χ0v) is 17.8. The summed E-state index contributed by atoms with van der Waals surface area (Å²) in [4.78, 5) is 12.8. The molecule has 2 heterocycles. The Morgan fingerprint density at radius 2 is 2.30 bits per heavy atom. The zero-order valence-electron chi connectivity index (χ0n) is 17.0. The largest absolute Gasteiger partial charge is 0.466 e. The first-order valence-electron chi connectivity index (χ1n) is 10.1. The third-order valence-corrected chi connectivity index (χ3v) is 7.58. The summed E-state index contributed by atoms with van der Waals surface area (Å²) in [5, 5.41) is 22.5. The van der Waals surface area contributed by atoms with Crippen molar-refractivity contribution >= 4 is 21.6 Å². The van der Waals surface area contributed by atoms with E-state index in [9.17, 15) is 14.1 Å². The topological polar surface area (TPSA) is 132 Å². The number of nitrogens with one attached hydrogen (secondary N) is 1. The summed E-state index contributed by atoms with van der Waals surface area (Å²) in [6.45, 7) is 3.90. The van der Waals surface area contributed by atoms with Gasteiger partial charge in [0.05, 0.1) is 19.3 Å². The Morgan fingerprint density at radius 1 is 1.50 bits per heavy atom. The molecule has 1 aromatic carbocycles. The molecule has 3 atom stereocenters. The molecule has 0 saturated heterocycles. The van der Waals surface area contributed by atoms with Gasteiger partial charge >= 0.3 is 6.03 Å². The van der Waals surface area contributed by atoms with Gasteiger partial charge in [-0.05, 0) is 60.8 Å².